The number of anilines is 2. The van der Waals surface area contributed by atoms with E-state index in [-0.39, 0.29) is 5.91 Å². The number of morpholine rings is 1. The summed E-state index contributed by atoms with van der Waals surface area (Å²) in [5.41, 5.74) is 7.77. The molecule has 0 radical (unpaired) electrons. The zero-order valence-corrected chi connectivity index (χ0v) is 21.4. The van der Waals surface area contributed by atoms with Gasteiger partial charge in [-0.25, -0.2) is 0 Å². The van der Waals surface area contributed by atoms with Crippen LogP contribution in [0.25, 0.3) is 22.0 Å². The number of pyridine rings is 1. The van der Waals surface area contributed by atoms with E-state index < -0.39 is 0 Å². The summed E-state index contributed by atoms with van der Waals surface area (Å²) >= 11 is 12.6. The number of nitrogens with one attached hydrogen (secondary N) is 1. The summed E-state index contributed by atoms with van der Waals surface area (Å²) in [5.74, 6) is 0.507. The Labute approximate surface area is 224 Å². The number of hydrogen-bond acceptors (Lipinski definition) is 6. The van der Waals surface area contributed by atoms with E-state index in [2.05, 4.69) is 10.3 Å². The third-order valence-electron chi connectivity index (χ3n) is 6.58. The molecule has 1 aromatic heterocycles. The van der Waals surface area contributed by atoms with E-state index in [9.17, 15) is 4.79 Å². The predicted octanol–water partition coefficient (Wildman–Crippen LogP) is 5.59. The molecule has 0 spiro atoms. The molecular formula is C28H24Cl2N4O3. The number of hydrazine groups is 1. The van der Waals surface area contributed by atoms with Gasteiger partial charge >= 0.3 is 0 Å². The van der Waals surface area contributed by atoms with Crippen LogP contribution in [0.3, 0.4) is 0 Å². The van der Waals surface area contributed by atoms with E-state index in [0.29, 0.717) is 55.1 Å². The van der Waals surface area contributed by atoms with Crippen molar-refractivity contribution in [2.75, 3.05) is 49.4 Å². The van der Waals surface area contributed by atoms with Crippen LogP contribution >= 0.6 is 23.2 Å². The van der Waals surface area contributed by atoms with Gasteiger partial charge in [0.05, 0.1) is 42.2 Å². The van der Waals surface area contributed by atoms with E-state index >= 15 is 0 Å². The number of amides is 1. The smallest absolute Gasteiger partial charge is 0.273 e. The van der Waals surface area contributed by atoms with Gasteiger partial charge in [-0.15, -0.1) is 0 Å². The van der Waals surface area contributed by atoms with Crippen molar-refractivity contribution in [1.82, 2.24) is 10.4 Å². The molecule has 7 nitrogen and oxygen atoms in total. The van der Waals surface area contributed by atoms with Gasteiger partial charge in [-0.3, -0.25) is 20.2 Å². The molecule has 1 amide bonds. The Morgan fingerprint density at radius 2 is 1.70 bits per heavy atom. The number of fused-ring (bicyclic) bond motifs is 2. The average molecular weight is 535 g/mol. The third-order valence-corrected chi connectivity index (χ3v) is 7.02. The highest BCUT2D eigenvalue weighted by atomic mass is 35.5. The number of carbonyl (C=O) groups excluding carboxylic acids is 1. The molecule has 0 unspecified atom stereocenters. The molecule has 3 aromatic carbocycles. The molecule has 0 aliphatic carbocycles. The minimum Gasteiger partial charge on any atom is -0.489 e. The van der Waals surface area contributed by atoms with Gasteiger partial charge in [0.25, 0.3) is 5.91 Å². The van der Waals surface area contributed by atoms with Gasteiger partial charge in [0.15, 0.2) is 0 Å². The van der Waals surface area contributed by atoms with Gasteiger partial charge in [0, 0.05) is 40.3 Å². The van der Waals surface area contributed by atoms with Crippen LogP contribution in [-0.4, -0.2) is 50.3 Å². The fourth-order valence-electron chi connectivity index (χ4n) is 4.91. The van der Waals surface area contributed by atoms with Crippen LogP contribution in [0.2, 0.25) is 10.0 Å². The molecule has 2 aliphatic rings. The molecule has 1 saturated heterocycles. The molecule has 1 N–H and O–H groups in total. The minimum absolute atomic E-state index is 0.233. The Hall–Kier alpha value is -3.52. The van der Waals surface area contributed by atoms with Crippen LogP contribution in [0.15, 0.2) is 66.9 Å². The first-order chi connectivity index (χ1) is 18.1. The zero-order chi connectivity index (χ0) is 25.4. The Bertz CT molecular complexity index is 1470. The van der Waals surface area contributed by atoms with Crippen LogP contribution < -0.4 is 20.1 Å². The quantitative estimate of drug-likeness (QED) is 0.368. The molecular weight excluding hydrogens is 511 g/mol. The van der Waals surface area contributed by atoms with Gasteiger partial charge in [0.2, 0.25) is 0 Å². The maximum absolute atomic E-state index is 13.7. The Morgan fingerprint density at radius 3 is 2.51 bits per heavy atom. The molecule has 4 aromatic rings. The highest BCUT2D eigenvalue weighted by Gasteiger charge is 2.26. The average Bonchev–Trinajstić information content (AvgIpc) is 2.92. The lowest BCUT2D eigenvalue weighted by molar-refractivity contribution is 0.0943. The lowest BCUT2D eigenvalue weighted by atomic mass is 9.99. The normalized spacial score (nSPS) is 15.3. The highest BCUT2D eigenvalue weighted by Crippen LogP contribution is 2.37. The summed E-state index contributed by atoms with van der Waals surface area (Å²) in [4.78, 5) is 20.7. The number of nitrogens with zero attached hydrogens (tertiary/aromatic N) is 3. The summed E-state index contributed by atoms with van der Waals surface area (Å²) in [6.45, 7) is 3.54. The first-order valence-electron chi connectivity index (χ1n) is 12.1. The largest absolute Gasteiger partial charge is 0.489 e. The molecule has 9 heteroatoms. The topological polar surface area (TPSA) is 66.9 Å². The fourth-order valence-corrected chi connectivity index (χ4v) is 5.44. The van der Waals surface area contributed by atoms with Crippen molar-refractivity contribution >= 4 is 51.4 Å². The molecule has 0 saturated carbocycles. The van der Waals surface area contributed by atoms with E-state index in [1.807, 2.05) is 59.6 Å². The molecule has 0 atom stereocenters. The van der Waals surface area contributed by atoms with Crippen molar-refractivity contribution in [1.29, 1.82) is 0 Å². The number of halogens is 2. The fraction of sp³-hybridized carbons (Fsp3) is 0.214. The van der Waals surface area contributed by atoms with Crippen LogP contribution in [-0.2, 0) is 4.74 Å². The molecule has 37 heavy (non-hydrogen) atoms. The summed E-state index contributed by atoms with van der Waals surface area (Å²) in [6.07, 6.45) is 1.66. The number of carbonyl (C=O) groups is 1. The summed E-state index contributed by atoms with van der Waals surface area (Å²) < 4.78 is 11.3. The standard InChI is InChI=1S/C28H24Cl2N4O3/c29-19-14-18(15-20(30)16-19)21-4-3-5-22-26(21)31-17-23(27(22)33-8-11-36-12-9-33)28(35)32-34-10-13-37-25-7-2-1-6-24(25)34/h1-7,14-17H,8-13H2,(H,32,35). The lowest BCUT2D eigenvalue weighted by Gasteiger charge is -2.33. The summed E-state index contributed by atoms with van der Waals surface area (Å²) in [7, 11) is 0. The minimum atomic E-state index is -0.233. The molecule has 0 bridgehead atoms. The molecule has 2 aliphatic heterocycles. The SMILES string of the molecule is O=C(NN1CCOc2ccccc21)c1cnc2c(-c3cc(Cl)cc(Cl)c3)cccc2c1N1CCOCC1. The van der Waals surface area contributed by atoms with Crippen LogP contribution in [0.1, 0.15) is 10.4 Å². The van der Waals surface area contributed by atoms with Crippen LogP contribution in [0.4, 0.5) is 11.4 Å². The van der Waals surface area contributed by atoms with Crippen molar-refractivity contribution in [3.63, 3.8) is 0 Å². The number of para-hydroxylation sites is 3. The van der Waals surface area contributed by atoms with Crippen molar-refractivity contribution in [3.8, 4) is 16.9 Å². The van der Waals surface area contributed by atoms with Crippen molar-refractivity contribution < 1.29 is 14.3 Å². The maximum Gasteiger partial charge on any atom is 0.273 e. The van der Waals surface area contributed by atoms with Gasteiger partial charge in [-0.05, 0) is 35.9 Å². The molecule has 6 rings (SSSR count). The molecule has 1 fully saturated rings. The summed E-state index contributed by atoms with van der Waals surface area (Å²) in [5, 5.41) is 3.81. The molecule has 3 heterocycles. The Balaban J connectivity index is 1.45. The van der Waals surface area contributed by atoms with Crippen LogP contribution in [0, 0.1) is 0 Å². The first-order valence-corrected chi connectivity index (χ1v) is 12.9. The van der Waals surface area contributed by atoms with E-state index in [1.165, 1.54) is 0 Å². The highest BCUT2D eigenvalue weighted by molar-refractivity contribution is 6.35. The van der Waals surface area contributed by atoms with E-state index in [1.54, 1.807) is 12.3 Å². The number of benzene rings is 3. The Morgan fingerprint density at radius 1 is 0.919 bits per heavy atom. The van der Waals surface area contributed by atoms with Crippen molar-refractivity contribution in [3.05, 3.63) is 82.5 Å². The second-order valence-electron chi connectivity index (χ2n) is 8.89. The Kier molecular flexibility index (Phi) is 6.50. The van der Waals surface area contributed by atoms with Gasteiger partial charge in [-0.1, -0.05) is 53.5 Å². The monoisotopic (exact) mass is 534 g/mol. The second kappa shape index (κ2) is 10.1. The van der Waals surface area contributed by atoms with Gasteiger partial charge in [0.1, 0.15) is 12.4 Å². The number of ether oxygens (including phenoxy) is 2. The number of aromatic nitrogens is 1. The lowest BCUT2D eigenvalue weighted by Crippen LogP contribution is -2.47. The number of rotatable bonds is 4. The van der Waals surface area contributed by atoms with Crippen molar-refractivity contribution in [2.45, 2.75) is 0 Å². The second-order valence-corrected chi connectivity index (χ2v) is 9.76. The van der Waals surface area contributed by atoms with E-state index in [0.717, 1.165) is 39.2 Å². The van der Waals surface area contributed by atoms with E-state index in [4.69, 9.17) is 37.7 Å². The first kappa shape index (κ1) is 23.9. The van der Waals surface area contributed by atoms with Crippen molar-refractivity contribution in [2.24, 2.45) is 0 Å². The summed E-state index contributed by atoms with van der Waals surface area (Å²) in [6, 6.07) is 19.1. The molecule has 188 valence electrons. The number of hydrogen-bond donors (Lipinski definition) is 1. The third kappa shape index (κ3) is 4.66. The van der Waals surface area contributed by atoms with Gasteiger partial charge < -0.3 is 14.4 Å². The van der Waals surface area contributed by atoms with Crippen LogP contribution in [0.5, 0.6) is 5.75 Å². The van der Waals surface area contributed by atoms with Gasteiger partial charge in [-0.2, -0.15) is 0 Å². The zero-order valence-electron chi connectivity index (χ0n) is 19.9. The maximum atomic E-state index is 13.7. The predicted molar refractivity (Wildman–Crippen MR) is 147 cm³/mol.